The Labute approximate surface area is 173 Å². The van der Waals surface area contributed by atoms with E-state index < -0.39 is 5.79 Å². The number of aryl methyl sites for hydroxylation is 2. The largest absolute Gasteiger partial charge is 0.391 e. The lowest BCUT2D eigenvalue weighted by Gasteiger charge is -2.39. The van der Waals surface area contributed by atoms with Crippen LogP contribution in [0, 0.1) is 6.92 Å². The molecule has 0 bridgehead atoms. The number of benzene rings is 1. The summed E-state index contributed by atoms with van der Waals surface area (Å²) in [6.45, 7) is 11.4. The second kappa shape index (κ2) is 11.1. The molecule has 6 heteroatoms. The first-order valence-electron chi connectivity index (χ1n) is 10.3. The number of hydrogen-bond acceptors (Lipinski definition) is 4. The van der Waals surface area contributed by atoms with Crippen LogP contribution in [-0.2, 0) is 6.42 Å². The Morgan fingerprint density at radius 1 is 1.32 bits per heavy atom. The van der Waals surface area contributed by atoms with Crippen molar-refractivity contribution in [2.75, 3.05) is 25.0 Å². The van der Waals surface area contributed by atoms with Crippen LogP contribution in [0.25, 0.3) is 0 Å². The molecule has 1 fully saturated rings. The summed E-state index contributed by atoms with van der Waals surface area (Å²) in [6.07, 6.45) is 7.90. The smallest absolute Gasteiger partial charge is 0.158 e. The van der Waals surface area contributed by atoms with Crippen LogP contribution in [-0.4, -0.2) is 36.4 Å². The lowest BCUT2D eigenvalue weighted by Crippen LogP contribution is -2.50. The van der Waals surface area contributed by atoms with Gasteiger partial charge in [-0.15, -0.1) is 0 Å². The molecule has 1 aromatic carbocycles. The van der Waals surface area contributed by atoms with Crippen molar-refractivity contribution >= 4 is 17.8 Å². The highest BCUT2D eigenvalue weighted by molar-refractivity contribution is 7.94. The van der Waals surface area contributed by atoms with E-state index >= 15 is 0 Å². The van der Waals surface area contributed by atoms with Crippen molar-refractivity contribution in [3.05, 3.63) is 36.0 Å². The van der Waals surface area contributed by atoms with Crippen LogP contribution in [0.3, 0.4) is 0 Å². The number of halogens is 2. The predicted octanol–water partition coefficient (Wildman–Crippen LogP) is 6.00. The monoisotopic (exact) mass is 411 g/mol. The molecule has 2 rings (SSSR count). The number of unbranched alkanes of at least 4 members (excludes halogenated alkanes) is 2. The highest BCUT2D eigenvalue weighted by Crippen LogP contribution is 2.32. The minimum absolute atomic E-state index is 0.210. The molecule has 1 atom stereocenters. The lowest BCUT2D eigenvalue weighted by atomic mass is 9.98. The maximum absolute atomic E-state index is 14.4. The topological polar surface area (TPSA) is 27.3 Å². The summed E-state index contributed by atoms with van der Waals surface area (Å²) in [4.78, 5) is 2.56. The molecule has 1 heterocycles. The maximum atomic E-state index is 14.4. The molecule has 1 aliphatic heterocycles. The van der Waals surface area contributed by atoms with E-state index in [0.717, 1.165) is 68.4 Å². The predicted molar refractivity (Wildman–Crippen MR) is 117 cm³/mol. The molecule has 2 N–H and O–H groups in total. The van der Waals surface area contributed by atoms with Gasteiger partial charge in [-0.25, -0.2) is 4.39 Å². The standard InChI is InChI=1S/C22H35F2N3S/c1-5-25-12-8-6-7-10-18-15-20(28-24)14-17(2)21(18)26-19-11-9-13-27(16-19)22(3,4)23/h5,14-15,19,25-26H,1,6-13,16H2,2-4H3. The quantitative estimate of drug-likeness (QED) is 0.345. The molecule has 0 aromatic heterocycles. The van der Waals surface area contributed by atoms with Crippen LogP contribution in [0.1, 0.15) is 57.1 Å². The van der Waals surface area contributed by atoms with Crippen LogP contribution >= 0.6 is 12.1 Å². The molecular weight excluding hydrogens is 376 g/mol. The highest BCUT2D eigenvalue weighted by atomic mass is 32.2. The summed E-state index contributed by atoms with van der Waals surface area (Å²) >= 11 is 0.299. The zero-order valence-electron chi connectivity index (χ0n) is 17.5. The summed E-state index contributed by atoms with van der Waals surface area (Å²) in [7, 11) is 0. The van der Waals surface area contributed by atoms with Gasteiger partial charge in [0.05, 0.1) is 12.1 Å². The van der Waals surface area contributed by atoms with Crippen LogP contribution in [0.5, 0.6) is 0 Å². The molecule has 1 unspecified atom stereocenters. The first-order valence-corrected chi connectivity index (χ1v) is 11.0. The van der Waals surface area contributed by atoms with E-state index in [4.69, 9.17) is 0 Å². The van der Waals surface area contributed by atoms with Crippen LogP contribution in [0.4, 0.5) is 14.0 Å². The molecule has 1 aliphatic rings. The summed E-state index contributed by atoms with van der Waals surface area (Å²) in [5.41, 5.74) is 3.32. The van der Waals surface area contributed by atoms with E-state index in [1.165, 1.54) is 0 Å². The molecule has 0 saturated carbocycles. The molecule has 0 aliphatic carbocycles. The zero-order valence-corrected chi connectivity index (χ0v) is 18.3. The van der Waals surface area contributed by atoms with Gasteiger partial charge in [0, 0.05) is 36.3 Å². The molecule has 0 amide bonds. The highest BCUT2D eigenvalue weighted by Gasteiger charge is 2.31. The number of piperidine rings is 1. The van der Waals surface area contributed by atoms with Gasteiger partial charge in [-0.05, 0) is 82.3 Å². The van der Waals surface area contributed by atoms with Crippen molar-refractivity contribution in [3.63, 3.8) is 0 Å². The Morgan fingerprint density at radius 3 is 2.79 bits per heavy atom. The van der Waals surface area contributed by atoms with Gasteiger partial charge in [0.25, 0.3) is 0 Å². The van der Waals surface area contributed by atoms with Gasteiger partial charge in [-0.1, -0.05) is 13.0 Å². The first-order chi connectivity index (χ1) is 13.3. The average Bonchev–Trinajstić information content (AvgIpc) is 2.66. The Hall–Kier alpha value is -1.27. The van der Waals surface area contributed by atoms with Gasteiger partial charge >= 0.3 is 0 Å². The SMILES string of the molecule is C=CNCCCCCc1cc(SF)cc(C)c1NC1CCCN(C(C)(C)F)C1. The normalized spacial score (nSPS) is 18.1. The molecule has 3 nitrogen and oxygen atoms in total. The Morgan fingerprint density at radius 2 is 2.11 bits per heavy atom. The molecule has 0 spiro atoms. The number of hydrogen-bond donors (Lipinski definition) is 2. The summed E-state index contributed by atoms with van der Waals surface area (Å²) in [5, 5.41) is 6.79. The number of nitrogens with one attached hydrogen (secondary N) is 2. The fourth-order valence-electron chi connectivity index (χ4n) is 3.88. The maximum Gasteiger partial charge on any atom is 0.158 e. The summed E-state index contributed by atoms with van der Waals surface area (Å²) in [5.74, 6) is -1.30. The van der Waals surface area contributed by atoms with Gasteiger partial charge in [0.2, 0.25) is 0 Å². The van der Waals surface area contributed by atoms with Gasteiger partial charge in [0.1, 0.15) is 0 Å². The number of anilines is 1. The first kappa shape index (κ1) is 23.0. The summed E-state index contributed by atoms with van der Waals surface area (Å²) in [6, 6.07) is 4.06. The number of alkyl halides is 1. The molecule has 28 heavy (non-hydrogen) atoms. The fourth-order valence-corrected chi connectivity index (χ4v) is 4.28. The van der Waals surface area contributed by atoms with E-state index in [2.05, 4.69) is 17.2 Å². The minimum atomic E-state index is -1.30. The van der Waals surface area contributed by atoms with Crippen LogP contribution < -0.4 is 10.6 Å². The minimum Gasteiger partial charge on any atom is -0.391 e. The Balaban J connectivity index is 2.06. The number of rotatable bonds is 11. The van der Waals surface area contributed by atoms with E-state index in [1.54, 1.807) is 20.0 Å². The van der Waals surface area contributed by atoms with Crippen molar-refractivity contribution in [1.29, 1.82) is 0 Å². The third-order valence-corrected chi connectivity index (χ3v) is 5.83. The number of nitrogens with zero attached hydrogens (tertiary/aromatic N) is 1. The molecule has 158 valence electrons. The Kier molecular flexibility index (Phi) is 9.09. The number of likely N-dealkylation sites (tertiary alicyclic amines) is 1. The van der Waals surface area contributed by atoms with E-state index in [9.17, 15) is 8.28 Å². The zero-order chi connectivity index (χ0) is 20.6. The van der Waals surface area contributed by atoms with Gasteiger partial charge in [-0.3, -0.25) is 4.90 Å². The lowest BCUT2D eigenvalue weighted by molar-refractivity contribution is -0.0173. The average molecular weight is 412 g/mol. The molecule has 0 radical (unpaired) electrons. The third kappa shape index (κ3) is 6.96. The van der Waals surface area contributed by atoms with Crippen LogP contribution in [0.15, 0.2) is 29.8 Å². The van der Waals surface area contributed by atoms with Gasteiger partial charge < -0.3 is 10.6 Å². The van der Waals surface area contributed by atoms with Crippen molar-refractivity contribution in [2.24, 2.45) is 0 Å². The van der Waals surface area contributed by atoms with Gasteiger partial charge in [0.15, 0.2) is 5.79 Å². The molecular formula is C22H35F2N3S. The second-order valence-corrected chi connectivity index (χ2v) is 8.79. The molecule has 1 aromatic rings. The fraction of sp³-hybridized carbons (Fsp3) is 0.636. The van der Waals surface area contributed by atoms with Crippen molar-refractivity contribution in [3.8, 4) is 0 Å². The van der Waals surface area contributed by atoms with E-state index in [0.29, 0.717) is 23.6 Å². The van der Waals surface area contributed by atoms with Crippen molar-refractivity contribution in [2.45, 2.75) is 76.0 Å². The second-order valence-electron chi connectivity index (χ2n) is 8.16. The van der Waals surface area contributed by atoms with Crippen molar-refractivity contribution in [1.82, 2.24) is 10.2 Å². The van der Waals surface area contributed by atoms with E-state index in [1.807, 2.05) is 24.0 Å². The third-order valence-electron chi connectivity index (χ3n) is 5.41. The summed E-state index contributed by atoms with van der Waals surface area (Å²) < 4.78 is 27.6. The van der Waals surface area contributed by atoms with E-state index in [-0.39, 0.29) is 6.04 Å². The molecule has 1 saturated heterocycles. The Bertz CT molecular complexity index is 631. The van der Waals surface area contributed by atoms with Gasteiger partial charge in [-0.2, -0.15) is 3.89 Å². The van der Waals surface area contributed by atoms with Crippen molar-refractivity contribution < 1.29 is 8.28 Å². The van der Waals surface area contributed by atoms with Crippen LogP contribution in [0.2, 0.25) is 0 Å².